The van der Waals surface area contributed by atoms with Crippen molar-refractivity contribution in [2.45, 2.75) is 12.8 Å². The largest absolute Gasteiger partial charge is 0.370 e. The first-order valence-electron chi connectivity index (χ1n) is 4.83. The summed E-state index contributed by atoms with van der Waals surface area (Å²) in [5.41, 5.74) is 1.61. The van der Waals surface area contributed by atoms with Gasteiger partial charge in [0.25, 0.3) is 0 Å². The molecular weight excluding hydrogens is 174 g/mol. The molecule has 0 saturated carbocycles. The van der Waals surface area contributed by atoms with Crippen molar-refractivity contribution >= 4 is 5.69 Å². The standard InChI is InChI=1S/C11H12N3/c12-8-10-4-5-11(9-13-10)14-6-2-1-3-7-14/h1,4-5,9H,2-3,6-7H2. The Kier molecular flexibility index (Phi) is 2.64. The molecule has 0 unspecified atom stereocenters. The van der Waals surface area contributed by atoms with Crippen LogP contribution in [0.2, 0.25) is 0 Å². The van der Waals surface area contributed by atoms with Gasteiger partial charge in [-0.05, 0) is 31.4 Å². The molecule has 0 atom stereocenters. The Balaban J connectivity index is 2.12. The Labute approximate surface area is 84.0 Å². The van der Waals surface area contributed by atoms with Crippen LogP contribution in [0, 0.1) is 17.8 Å². The number of anilines is 1. The van der Waals surface area contributed by atoms with Gasteiger partial charge in [-0.1, -0.05) is 0 Å². The number of hydrogen-bond donors (Lipinski definition) is 0. The van der Waals surface area contributed by atoms with Gasteiger partial charge in [0.2, 0.25) is 0 Å². The van der Waals surface area contributed by atoms with Crippen molar-refractivity contribution in [1.82, 2.24) is 4.98 Å². The second kappa shape index (κ2) is 4.10. The summed E-state index contributed by atoms with van der Waals surface area (Å²) in [5, 5.41) is 8.61. The number of aromatic nitrogens is 1. The average Bonchev–Trinajstić information content (AvgIpc) is 2.30. The van der Waals surface area contributed by atoms with E-state index in [4.69, 9.17) is 5.26 Å². The average molecular weight is 186 g/mol. The maximum atomic E-state index is 8.61. The van der Waals surface area contributed by atoms with Crippen LogP contribution in [0.5, 0.6) is 0 Å². The van der Waals surface area contributed by atoms with Gasteiger partial charge in [0.15, 0.2) is 0 Å². The molecule has 1 aromatic heterocycles. The van der Waals surface area contributed by atoms with E-state index in [1.54, 1.807) is 12.3 Å². The molecule has 3 heteroatoms. The van der Waals surface area contributed by atoms with Gasteiger partial charge in [-0.2, -0.15) is 5.26 Å². The van der Waals surface area contributed by atoms with E-state index in [-0.39, 0.29) is 0 Å². The van der Waals surface area contributed by atoms with Crippen molar-refractivity contribution in [3.05, 3.63) is 30.4 Å². The van der Waals surface area contributed by atoms with Crippen LogP contribution < -0.4 is 4.90 Å². The minimum Gasteiger partial charge on any atom is -0.370 e. The summed E-state index contributed by atoms with van der Waals surface area (Å²) in [6, 6.07) is 5.76. The fourth-order valence-corrected chi connectivity index (χ4v) is 1.65. The smallest absolute Gasteiger partial charge is 0.140 e. The number of hydrogen-bond acceptors (Lipinski definition) is 3. The molecule has 0 spiro atoms. The highest BCUT2D eigenvalue weighted by molar-refractivity contribution is 5.46. The van der Waals surface area contributed by atoms with Crippen LogP contribution in [0.4, 0.5) is 5.69 Å². The van der Waals surface area contributed by atoms with Crippen molar-refractivity contribution in [3.63, 3.8) is 0 Å². The van der Waals surface area contributed by atoms with Gasteiger partial charge < -0.3 is 4.90 Å². The number of rotatable bonds is 1. The van der Waals surface area contributed by atoms with E-state index in [2.05, 4.69) is 16.3 Å². The normalized spacial score (nSPS) is 16.4. The molecule has 1 aliphatic heterocycles. The molecule has 14 heavy (non-hydrogen) atoms. The molecule has 1 aromatic rings. The first-order valence-corrected chi connectivity index (χ1v) is 4.83. The summed E-state index contributed by atoms with van der Waals surface area (Å²) in [6.45, 7) is 2.13. The van der Waals surface area contributed by atoms with Crippen molar-refractivity contribution in [2.24, 2.45) is 0 Å². The van der Waals surface area contributed by atoms with E-state index in [1.165, 1.54) is 0 Å². The van der Waals surface area contributed by atoms with E-state index in [0.29, 0.717) is 5.69 Å². The minimum absolute atomic E-state index is 0.484. The second-order valence-electron chi connectivity index (χ2n) is 3.37. The molecule has 1 aliphatic rings. The van der Waals surface area contributed by atoms with E-state index >= 15 is 0 Å². The van der Waals surface area contributed by atoms with Crippen LogP contribution in [-0.2, 0) is 0 Å². The van der Waals surface area contributed by atoms with E-state index < -0.39 is 0 Å². The first kappa shape index (κ1) is 9.01. The summed E-state index contributed by atoms with van der Waals surface area (Å²) in [7, 11) is 0. The summed E-state index contributed by atoms with van der Waals surface area (Å²) in [6.07, 6.45) is 6.37. The van der Waals surface area contributed by atoms with E-state index in [0.717, 1.165) is 31.6 Å². The van der Waals surface area contributed by atoms with Crippen LogP contribution in [0.3, 0.4) is 0 Å². The molecule has 1 radical (unpaired) electrons. The van der Waals surface area contributed by atoms with Crippen LogP contribution in [0.1, 0.15) is 18.5 Å². The molecule has 1 saturated heterocycles. The van der Waals surface area contributed by atoms with Crippen LogP contribution in [0.15, 0.2) is 18.3 Å². The Morgan fingerprint density at radius 2 is 2.07 bits per heavy atom. The maximum absolute atomic E-state index is 8.61. The monoisotopic (exact) mass is 186 g/mol. The van der Waals surface area contributed by atoms with Crippen molar-refractivity contribution < 1.29 is 0 Å². The Hall–Kier alpha value is -1.56. The summed E-state index contributed by atoms with van der Waals surface area (Å²) in [4.78, 5) is 6.36. The van der Waals surface area contributed by atoms with Crippen molar-refractivity contribution in [1.29, 1.82) is 5.26 Å². The van der Waals surface area contributed by atoms with Gasteiger partial charge in [-0.3, -0.25) is 0 Å². The third-order valence-electron chi connectivity index (χ3n) is 2.43. The van der Waals surface area contributed by atoms with E-state index in [9.17, 15) is 0 Å². The lowest BCUT2D eigenvalue weighted by atomic mass is 10.1. The predicted molar refractivity (Wildman–Crippen MR) is 54.7 cm³/mol. The Bertz CT molecular complexity index is 331. The lowest BCUT2D eigenvalue weighted by molar-refractivity contribution is 0.678. The third kappa shape index (κ3) is 1.85. The van der Waals surface area contributed by atoms with Gasteiger partial charge in [0.05, 0.1) is 11.9 Å². The topological polar surface area (TPSA) is 39.9 Å². The minimum atomic E-state index is 0.484. The van der Waals surface area contributed by atoms with Gasteiger partial charge >= 0.3 is 0 Å². The number of nitriles is 1. The summed E-state index contributed by atoms with van der Waals surface area (Å²) >= 11 is 0. The van der Waals surface area contributed by atoms with Gasteiger partial charge in [0, 0.05) is 13.1 Å². The molecule has 2 heterocycles. The lowest BCUT2D eigenvalue weighted by Gasteiger charge is -2.28. The zero-order valence-corrected chi connectivity index (χ0v) is 7.98. The van der Waals surface area contributed by atoms with Gasteiger partial charge in [0.1, 0.15) is 11.8 Å². The van der Waals surface area contributed by atoms with Crippen LogP contribution in [0.25, 0.3) is 0 Å². The highest BCUT2D eigenvalue weighted by atomic mass is 15.1. The third-order valence-corrected chi connectivity index (χ3v) is 2.43. The summed E-state index contributed by atoms with van der Waals surface area (Å²) in [5.74, 6) is 0. The molecule has 0 aromatic carbocycles. The number of piperidine rings is 1. The molecule has 0 aliphatic carbocycles. The van der Waals surface area contributed by atoms with Gasteiger partial charge in [-0.15, -0.1) is 0 Å². The molecular formula is C11H12N3. The van der Waals surface area contributed by atoms with Crippen LogP contribution >= 0.6 is 0 Å². The number of nitrogens with zero attached hydrogens (tertiary/aromatic N) is 3. The van der Waals surface area contributed by atoms with Crippen molar-refractivity contribution in [2.75, 3.05) is 18.0 Å². The zero-order chi connectivity index (χ0) is 9.80. The van der Waals surface area contributed by atoms with E-state index in [1.807, 2.05) is 12.1 Å². The summed E-state index contributed by atoms with van der Waals surface area (Å²) < 4.78 is 0. The molecule has 3 nitrogen and oxygen atoms in total. The lowest BCUT2D eigenvalue weighted by Crippen LogP contribution is -2.29. The van der Waals surface area contributed by atoms with Crippen molar-refractivity contribution in [3.8, 4) is 6.07 Å². The highest BCUT2D eigenvalue weighted by Gasteiger charge is 2.10. The Morgan fingerprint density at radius 1 is 1.29 bits per heavy atom. The first-order chi connectivity index (χ1) is 6.90. The molecule has 1 fully saturated rings. The number of pyridine rings is 1. The molecule has 0 bridgehead atoms. The zero-order valence-electron chi connectivity index (χ0n) is 7.98. The highest BCUT2D eigenvalue weighted by Crippen LogP contribution is 2.17. The molecule has 2 rings (SSSR count). The Morgan fingerprint density at radius 3 is 2.64 bits per heavy atom. The predicted octanol–water partition coefficient (Wildman–Crippen LogP) is 1.76. The maximum Gasteiger partial charge on any atom is 0.140 e. The SMILES string of the molecule is N#Cc1ccc(N2CC[CH]CC2)cn1. The fourth-order valence-electron chi connectivity index (χ4n) is 1.65. The molecule has 71 valence electrons. The fraction of sp³-hybridized carbons (Fsp3) is 0.364. The van der Waals surface area contributed by atoms with Gasteiger partial charge in [-0.25, -0.2) is 4.98 Å². The molecule has 0 amide bonds. The quantitative estimate of drug-likeness (QED) is 0.671. The molecule has 0 N–H and O–H groups in total. The second-order valence-corrected chi connectivity index (χ2v) is 3.37. The van der Waals surface area contributed by atoms with Crippen LogP contribution in [-0.4, -0.2) is 18.1 Å².